The van der Waals surface area contributed by atoms with Gasteiger partial charge in [0, 0.05) is 35.3 Å². The number of aromatic nitrogens is 1. The van der Waals surface area contributed by atoms with Crippen molar-refractivity contribution < 1.29 is 23.7 Å². The van der Waals surface area contributed by atoms with Crippen molar-refractivity contribution in [3.8, 4) is 5.75 Å². The second kappa shape index (κ2) is 10.3. The van der Waals surface area contributed by atoms with Gasteiger partial charge in [0.15, 0.2) is 0 Å². The summed E-state index contributed by atoms with van der Waals surface area (Å²) in [5.41, 5.74) is 4.14. The molecule has 1 aliphatic heterocycles. The highest BCUT2D eigenvalue weighted by molar-refractivity contribution is 6.31. The maximum Gasteiger partial charge on any atom is 0.410 e. The van der Waals surface area contributed by atoms with Gasteiger partial charge in [-0.05, 0) is 47.9 Å². The van der Waals surface area contributed by atoms with Crippen LogP contribution in [0.4, 0.5) is 4.79 Å². The Morgan fingerprint density at radius 2 is 1.88 bits per heavy atom. The van der Waals surface area contributed by atoms with Crippen molar-refractivity contribution in [1.29, 1.82) is 0 Å². The molecule has 7 nitrogen and oxygen atoms in total. The Hall–Kier alpha value is -2.74. The molecule has 0 radical (unpaired) electrons. The van der Waals surface area contributed by atoms with Crippen LogP contribution in [0.25, 0.3) is 10.9 Å². The van der Waals surface area contributed by atoms with E-state index in [0.717, 1.165) is 34.3 Å². The maximum absolute atomic E-state index is 12.6. The first kappa shape index (κ1) is 22.5. The molecular weight excluding hydrogens is 432 g/mol. The van der Waals surface area contributed by atoms with Crippen molar-refractivity contribution in [2.45, 2.75) is 12.5 Å². The zero-order valence-corrected chi connectivity index (χ0v) is 19.0. The number of aromatic amines is 1. The third-order valence-corrected chi connectivity index (χ3v) is 5.86. The van der Waals surface area contributed by atoms with Crippen molar-refractivity contribution in [2.75, 3.05) is 47.2 Å². The lowest BCUT2D eigenvalue weighted by Crippen LogP contribution is -2.40. The molecule has 0 saturated carbocycles. The van der Waals surface area contributed by atoms with Gasteiger partial charge in [-0.25, -0.2) is 4.79 Å². The molecule has 32 heavy (non-hydrogen) atoms. The molecule has 8 heteroatoms. The number of methoxy groups -OCH3 is 2. The Labute approximate surface area is 192 Å². The molecule has 1 unspecified atom stereocenters. The molecule has 0 saturated heterocycles. The predicted octanol–water partition coefficient (Wildman–Crippen LogP) is 4.58. The number of hydrogen-bond donors (Lipinski definition) is 1. The first-order valence-corrected chi connectivity index (χ1v) is 10.9. The number of halogens is 1. The molecule has 1 aromatic heterocycles. The number of amides is 1. The average Bonchev–Trinajstić information content (AvgIpc) is 3.18. The molecule has 170 valence electrons. The number of fused-ring (bicyclic) bond motifs is 3. The topological polar surface area (TPSA) is 73.0 Å². The Bertz CT molecular complexity index is 1070. The fourth-order valence-electron chi connectivity index (χ4n) is 4.13. The molecule has 0 fully saturated rings. The van der Waals surface area contributed by atoms with Crippen LogP contribution < -0.4 is 4.74 Å². The Morgan fingerprint density at radius 3 is 2.62 bits per heavy atom. The zero-order chi connectivity index (χ0) is 22.5. The van der Waals surface area contributed by atoms with Crippen LogP contribution in [0.5, 0.6) is 5.75 Å². The molecule has 1 N–H and O–H groups in total. The first-order chi connectivity index (χ1) is 15.6. The highest BCUT2D eigenvalue weighted by Crippen LogP contribution is 2.39. The highest BCUT2D eigenvalue weighted by atomic mass is 35.5. The monoisotopic (exact) mass is 458 g/mol. The van der Waals surface area contributed by atoms with Crippen molar-refractivity contribution in [2.24, 2.45) is 0 Å². The van der Waals surface area contributed by atoms with Crippen molar-refractivity contribution in [3.05, 3.63) is 64.3 Å². The number of carbonyl (C=O) groups is 1. The number of hydrogen-bond acceptors (Lipinski definition) is 5. The number of ether oxygens (including phenoxy) is 4. The van der Waals surface area contributed by atoms with E-state index in [4.69, 9.17) is 30.5 Å². The highest BCUT2D eigenvalue weighted by Gasteiger charge is 2.35. The van der Waals surface area contributed by atoms with E-state index in [0.29, 0.717) is 38.0 Å². The summed E-state index contributed by atoms with van der Waals surface area (Å²) in [5, 5.41) is 1.79. The van der Waals surface area contributed by atoms with E-state index in [9.17, 15) is 4.79 Å². The van der Waals surface area contributed by atoms with Crippen molar-refractivity contribution in [3.63, 3.8) is 0 Å². The van der Waals surface area contributed by atoms with E-state index < -0.39 is 0 Å². The van der Waals surface area contributed by atoms with Crippen LogP contribution in [0, 0.1) is 0 Å². The normalized spacial score (nSPS) is 15.6. The van der Waals surface area contributed by atoms with Gasteiger partial charge in [-0.2, -0.15) is 0 Å². The number of nitrogens with one attached hydrogen (secondary N) is 1. The van der Waals surface area contributed by atoms with Gasteiger partial charge in [-0.15, -0.1) is 0 Å². The molecule has 3 aromatic rings. The third-order valence-electron chi connectivity index (χ3n) is 5.62. The minimum absolute atomic E-state index is 0.288. The molecule has 4 rings (SSSR count). The number of H-pyrrole nitrogens is 1. The van der Waals surface area contributed by atoms with E-state index >= 15 is 0 Å². The van der Waals surface area contributed by atoms with E-state index in [1.807, 2.05) is 42.5 Å². The summed E-state index contributed by atoms with van der Waals surface area (Å²) in [7, 11) is 3.05. The lowest BCUT2D eigenvalue weighted by atomic mass is 9.92. The quantitative estimate of drug-likeness (QED) is 0.500. The smallest absolute Gasteiger partial charge is 0.410 e. The summed E-state index contributed by atoms with van der Waals surface area (Å²) < 4.78 is 21.2. The van der Waals surface area contributed by atoms with Gasteiger partial charge in [0.2, 0.25) is 0 Å². The maximum atomic E-state index is 12.6. The van der Waals surface area contributed by atoms with Crippen LogP contribution in [0.15, 0.2) is 42.5 Å². The molecular formula is C24H27ClN2O5. The second-order valence-electron chi connectivity index (χ2n) is 7.55. The van der Waals surface area contributed by atoms with Crippen LogP contribution in [0.2, 0.25) is 5.02 Å². The van der Waals surface area contributed by atoms with E-state index in [1.54, 1.807) is 12.0 Å². The molecule has 0 bridgehead atoms. The Balaban J connectivity index is 1.57. The van der Waals surface area contributed by atoms with Crippen LogP contribution in [-0.4, -0.2) is 63.2 Å². The standard InChI is InChI=1S/C24H27ClN2O5/c1-29-11-12-31-13-14-32-18-6-3-16(4-7-18)23-22-19(9-10-27(23)24(28)30-2)20-15-17(25)5-8-21(20)26-22/h3-8,15,23,26H,9-14H2,1-2H3. The minimum atomic E-state index is -0.356. The van der Waals surface area contributed by atoms with Gasteiger partial charge in [-0.3, -0.25) is 4.90 Å². The van der Waals surface area contributed by atoms with Gasteiger partial charge in [0.25, 0.3) is 0 Å². The van der Waals surface area contributed by atoms with Crippen LogP contribution >= 0.6 is 11.6 Å². The van der Waals surface area contributed by atoms with Gasteiger partial charge < -0.3 is 23.9 Å². The van der Waals surface area contributed by atoms with Gasteiger partial charge in [0.05, 0.1) is 26.9 Å². The van der Waals surface area contributed by atoms with E-state index in [1.165, 1.54) is 12.7 Å². The van der Waals surface area contributed by atoms with Crippen molar-refractivity contribution in [1.82, 2.24) is 9.88 Å². The van der Waals surface area contributed by atoms with Gasteiger partial charge >= 0.3 is 6.09 Å². The molecule has 1 amide bonds. The molecule has 2 heterocycles. The third kappa shape index (κ3) is 4.70. The lowest BCUT2D eigenvalue weighted by Gasteiger charge is -2.35. The SMILES string of the molecule is COCCOCCOc1ccc(C2c3[nH]c4ccc(Cl)cc4c3CCN2C(=O)OC)cc1. The molecule has 1 atom stereocenters. The molecule has 2 aromatic carbocycles. The predicted molar refractivity (Wildman–Crippen MR) is 123 cm³/mol. The average molecular weight is 459 g/mol. The van der Waals surface area contributed by atoms with Crippen LogP contribution in [0.1, 0.15) is 22.9 Å². The summed E-state index contributed by atoms with van der Waals surface area (Å²) in [6, 6.07) is 13.3. The fourth-order valence-corrected chi connectivity index (χ4v) is 4.30. The summed E-state index contributed by atoms with van der Waals surface area (Å²) in [5.74, 6) is 0.744. The fraction of sp³-hybridized carbons (Fsp3) is 0.375. The molecule has 0 aliphatic carbocycles. The summed E-state index contributed by atoms with van der Waals surface area (Å²) in [6.07, 6.45) is 0.372. The lowest BCUT2D eigenvalue weighted by molar-refractivity contribution is 0.0544. The number of rotatable bonds is 8. The number of nitrogens with zero attached hydrogens (tertiary/aromatic N) is 1. The van der Waals surface area contributed by atoms with E-state index in [2.05, 4.69) is 4.98 Å². The second-order valence-corrected chi connectivity index (χ2v) is 7.98. The first-order valence-electron chi connectivity index (χ1n) is 10.6. The summed E-state index contributed by atoms with van der Waals surface area (Å²) in [6.45, 7) is 2.61. The molecule has 0 spiro atoms. The summed E-state index contributed by atoms with van der Waals surface area (Å²) in [4.78, 5) is 17.8. The number of benzene rings is 2. The minimum Gasteiger partial charge on any atom is -0.491 e. The van der Waals surface area contributed by atoms with Crippen LogP contribution in [-0.2, 0) is 20.6 Å². The van der Waals surface area contributed by atoms with Crippen LogP contribution in [0.3, 0.4) is 0 Å². The Kier molecular flexibility index (Phi) is 7.19. The molecule has 1 aliphatic rings. The number of carbonyl (C=O) groups excluding carboxylic acids is 1. The zero-order valence-electron chi connectivity index (χ0n) is 18.2. The van der Waals surface area contributed by atoms with Crippen molar-refractivity contribution >= 4 is 28.6 Å². The van der Waals surface area contributed by atoms with E-state index in [-0.39, 0.29) is 12.1 Å². The largest absolute Gasteiger partial charge is 0.491 e. The summed E-state index contributed by atoms with van der Waals surface area (Å²) >= 11 is 6.24. The van der Waals surface area contributed by atoms with Gasteiger partial charge in [-0.1, -0.05) is 23.7 Å². The Morgan fingerprint density at radius 1 is 1.09 bits per heavy atom. The van der Waals surface area contributed by atoms with Gasteiger partial charge in [0.1, 0.15) is 18.4 Å².